The molecular weight excluding hydrogens is 316 g/mol. The van der Waals surface area contributed by atoms with Crippen molar-refractivity contribution >= 4 is 16.0 Å². The zero-order chi connectivity index (χ0) is 17.7. The molecule has 23 heavy (non-hydrogen) atoms. The highest BCUT2D eigenvalue weighted by molar-refractivity contribution is 7.89. The molecule has 8 heteroatoms. The molecular formula is C15H34N4O3S. The van der Waals surface area contributed by atoms with Gasteiger partial charge in [0.15, 0.2) is 5.96 Å². The Morgan fingerprint density at radius 3 is 2.35 bits per heavy atom. The Bertz CT molecular complexity index is 424. The lowest BCUT2D eigenvalue weighted by Gasteiger charge is -2.17. The van der Waals surface area contributed by atoms with Crippen molar-refractivity contribution < 1.29 is 13.2 Å². The molecule has 0 heterocycles. The summed E-state index contributed by atoms with van der Waals surface area (Å²) in [5.74, 6) is 1.43. The minimum Gasteiger partial charge on any atom is -0.381 e. The second-order valence-corrected chi connectivity index (χ2v) is 8.19. The lowest BCUT2D eigenvalue weighted by Crippen LogP contribution is -2.39. The van der Waals surface area contributed by atoms with Gasteiger partial charge in [-0.25, -0.2) is 12.7 Å². The number of guanidine groups is 1. The summed E-state index contributed by atoms with van der Waals surface area (Å²) in [4.78, 5) is 4.14. The summed E-state index contributed by atoms with van der Waals surface area (Å²) in [6.45, 7) is 9.42. The predicted molar refractivity (Wildman–Crippen MR) is 96.3 cm³/mol. The second kappa shape index (κ2) is 12.5. The van der Waals surface area contributed by atoms with Gasteiger partial charge in [-0.1, -0.05) is 13.8 Å². The van der Waals surface area contributed by atoms with Crippen molar-refractivity contribution in [3.63, 3.8) is 0 Å². The molecule has 7 nitrogen and oxygen atoms in total. The van der Waals surface area contributed by atoms with E-state index in [2.05, 4.69) is 29.5 Å². The SMILES string of the molecule is CCS(=O)(=O)N(C)CCCNC(=NC)NCCCOCC(C)C. The van der Waals surface area contributed by atoms with Crippen LogP contribution in [0.2, 0.25) is 0 Å². The van der Waals surface area contributed by atoms with E-state index in [9.17, 15) is 8.42 Å². The van der Waals surface area contributed by atoms with Gasteiger partial charge < -0.3 is 15.4 Å². The molecule has 0 aliphatic carbocycles. The molecule has 0 aliphatic heterocycles. The monoisotopic (exact) mass is 350 g/mol. The number of aliphatic imine (C=N–C) groups is 1. The summed E-state index contributed by atoms with van der Waals surface area (Å²) >= 11 is 0. The van der Waals surface area contributed by atoms with Gasteiger partial charge in [0.2, 0.25) is 10.0 Å². The molecule has 0 amide bonds. The number of hydrogen-bond acceptors (Lipinski definition) is 4. The molecule has 0 atom stereocenters. The minimum absolute atomic E-state index is 0.138. The van der Waals surface area contributed by atoms with Crippen LogP contribution in [-0.2, 0) is 14.8 Å². The number of sulfonamides is 1. The van der Waals surface area contributed by atoms with Crippen molar-refractivity contribution in [1.82, 2.24) is 14.9 Å². The fourth-order valence-corrected chi connectivity index (χ4v) is 2.64. The van der Waals surface area contributed by atoms with Crippen LogP contribution < -0.4 is 10.6 Å². The Balaban J connectivity index is 3.75. The van der Waals surface area contributed by atoms with E-state index in [1.165, 1.54) is 4.31 Å². The second-order valence-electron chi connectivity index (χ2n) is 5.82. The third kappa shape index (κ3) is 11.3. The maximum absolute atomic E-state index is 11.6. The van der Waals surface area contributed by atoms with E-state index in [-0.39, 0.29) is 5.75 Å². The van der Waals surface area contributed by atoms with Crippen LogP contribution in [0.3, 0.4) is 0 Å². The maximum Gasteiger partial charge on any atom is 0.213 e. The molecule has 0 saturated heterocycles. The first-order valence-electron chi connectivity index (χ1n) is 8.29. The van der Waals surface area contributed by atoms with Crippen LogP contribution in [0.1, 0.15) is 33.6 Å². The van der Waals surface area contributed by atoms with Crippen molar-refractivity contribution in [1.29, 1.82) is 0 Å². The minimum atomic E-state index is -3.09. The van der Waals surface area contributed by atoms with Crippen molar-refractivity contribution in [2.24, 2.45) is 10.9 Å². The normalized spacial score (nSPS) is 12.9. The molecule has 2 N–H and O–H groups in total. The predicted octanol–water partition coefficient (Wildman–Crippen LogP) is 0.886. The van der Waals surface area contributed by atoms with Crippen LogP contribution in [-0.4, -0.2) is 71.4 Å². The average molecular weight is 351 g/mol. The molecule has 0 aromatic rings. The summed E-state index contributed by atoms with van der Waals surface area (Å²) in [5, 5.41) is 6.39. The van der Waals surface area contributed by atoms with Gasteiger partial charge in [-0.2, -0.15) is 0 Å². The van der Waals surface area contributed by atoms with E-state index in [0.29, 0.717) is 19.0 Å². The van der Waals surface area contributed by atoms with E-state index in [1.807, 2.05) is 0 Å². The molecule has 0 rings (SSSR count). The van der Waals surface area contributed by atoms with Gasteiger partial charge in [-0.3, -0.25) is 4.99 Å². The number of hydrogen-bond donors (Lipinski definition) is 2. The molecule has 0 aromatic carbocycles. The highest BCUT2D eigenvalue weighted by Gasteiger charge is 2.13. The summed E-state index contributed by atoms with van der Waals surface area (Å²) in [6.07, 6.45) is 1.65. The zero-order valence-corrected chi connectivity index (χ0v) is 16.1. The van der Waals surface area contributed by atoms with Crippen LogP contribution in [0.5, 0.6) is 0 Å². The van der Waals surface area contributed by atoms with Crippen molar-refractivity contribution in [2.45, 2.75) is 33.6 Å². The molecule has 0 radical (unpaired) electrons. The van der Waals surface area contributed by atoms with Crippen LogP contribution in [0.25, 0.3) is 0 Å². The van der Waals surface area contributed by atoms with Gasteiger partial charge in [-0.05, 0) is 25.7 Å². The van der Waals surface area contributed by atoms with Crippen molar-refractivity contribution in [3.05, 3.63) is 0 Å². The van der Waals surface area contributed by atoms with E-state index < -0.39 is 10.0 Å². The van der Waals surface area contributed by atoms with Crippen molar-refractivity contribution in [3.8, 4) is 0 Å². The molecule has 0 unspecified atom stereocenters. The van der Waals surface area contributed by atoms with Crippen LogP contribution in [0, 0.1) is 5.92 Å². The van der Waals surface area contributed by atoms with E-state index in [0.717, 1.165) is 38.6 Å². The molecule has 0 fully saturated rings. The first-order chi connectivity index (χ1) is 10.8. The van der Waals surface area contributed by atoms with Crippen molar-refractivity contribution in [2.75, 3.05) is 52.7 Å². The fraction of sp³-hybridized carbons (Fsp3) is 0.933. The van der Waals surface area contributed by atoms with Gasteiger partial charge in [0, 0.05) is 46.9 Å². The molecule has 0 aromatic heterocycles. The summed E-state index contributed by atoms with van der Waals surface area (Å²) < 4.78 is 30.1. The van der Waals surface area contributed by atoms with Gasteiger partial charge in [0.1, 0.15) is 0 Å². The number of rotatable bonds is 12. The van der Waals surface area contributed by atoms with Gasteiger partial charge in [0.05, 0.1) is 5.75 Å². The van der Waals surface area contributed by atoms with Crippen LogP contribution >= 0.6 is 0 Å². The fourth-order valence-electron chi connectivity index (χ4n) is 1.79. The standard InChI is InChI=1S/C15H34N4O3S/c1-6-23(20,21)19(5)11-7-9-17-15(16-4)18-10-8-12-22-13-14(2)3/h14H,6-13H2,1-5H3,(H2,16,17,18). The summed E-state index contributed by atoms with van der Waals surface area (Å²) in [7, 11) is 0.247. The Morgan fingerprint density at radius 2 is 1.83 bits per heavy atom. The molecule has 0 aliphatic rings. The third-order valence-corrected chi connectivity index (χ3v) is 5.08. The molecule has 0 spiro atoms. The Labute approximate surface area is 141 Å². The number of nitrogens with one attached hydrogen (secondary N) is 2. The summed E-state index contributed by atoms with van der Waals surface area (Å²) in [5.41, 5.74) is 0. The van der Waals surface area contributed by atoms with E-state index in [1.54, 1.807) is 21.0 Å². The van der Waals surface area contributed by atoms with Crippen LogP contribution in [0.15, 0.2) is 4.99 Å². The molecule has 138 valence electrons. The van der Waals surface area contributed by atoms with Gasteiger partial charge in [0.25, 0.3) is 0 Å². The Hall–Kier alpha value is -0.860. The number of nitrogens with zero attached hydrogens (tertiary/aromatic N) is 2. The zero-order valence-electron chi connectivity index (χ0n) is 15.3. The largest absolute Gasteiger partial charge is 0.381 e. The quantitative estimate of drug-likeness (QED) is 0.310. The first kappa shape index (κ1) is 22.1. The molecule has 0 saturated carbocycles. The lowest BCUT2D eigenvalue weighted by molar-refractivity contribution is 0.108. The van der Waals surface area contributed by atoms with E-state index in [4.69, 9.17) is 4.74 Å². The topological polar surface area (TPSA) is 83.0 Å². The average Bonchev–Trinajstić information content (AvgIpc) is 2.51. The Kier molecular flexibility index (Phi) is 12.1. The third-order valence-electron chi connectivity index (χ3n) is 3.21. The van der Waals surface area contributed by atoms with Crippen LogP contribution in [0.4, 0.5) is 0 Å². The smallest absolute Gasteiger partial charge is 0.213 e. The maximum atomic E-state index is 11.6. The first-order valence-corrected chi connectivity index (χ1v) is 9.90. The highest BCUT2D eigenvalue weighted by Crippen LogP contribution is 1.98. The number of ether oxygens (including phenoxy) is 1. The van der Waals surface area contributed by atoms with E-state index >= 15 is 0 Å². The highest BCUT2D eigenvalue weighted by atomic mass is 32.2. The molecule has 0 bridgehead atoms. The summed E-state index contributed by atoms with van der Waals surface area (Å²) in [6, 6.07) is 0. The Morgan fingerprint density at radius 1 is 1.22 bits per heavy atom. The lowest BCUT2D eigenvalue weighted by atomic mass is 10.2. The van der Waals surface area contributed by atoms with Gasteiger partial charge >= 0.3 is 0 Å². The van der Waals surface area contributed by atoms with Gasteiger partial charge in [-0.15, -0.1) is 0 Å².